The summed E-state index contributed by atoms with van der Waals surface area (Å²) in [6.07, 6.45) is 0.375. The van der Waals surface area contributed by atoms with Crippen LogP contribution in [-0.4, -0.2) is 5.11 Å². The van der Waals surface area contributed by atoms with Gasteiger partial charge < -0.3 is 10.8 Å². The van der Waals surface area contributed by atoms with E-state index in [-0.39, 0.29) is 11.6 Å². The molecule has 0 spiro atoms. The lowest BCUT2D eigenvalue weighted by molar-refractivity contribution is 0.0725. The third-order valence-electron chi connectivity index (χ3n) is 5.15. The quantitative estimate of drug-likeness (QED) is 0.749. The van der Waals surface area contributed by atoms with Crippen LogP contribution in [0.25, 0.3) is 10.8 Å². The van der Waals surface area contributed by atoms with Gasteiger partial charge in [-0.2, -0.15) is 5.26 Å². The molecule has 0 unspecified atom stereocenters. The van der Waals surface area contributed by atoms with E-state index in [1.54, 1.807) is 0 Å². The standard InChI is InChI=1S/C22H18N2O/c23-14-20-19(18-12-6-8-15-7-4-5-11-17(15)18)13-22(25,21(20)24)16-9-2-1-3-10-16/h1-12,19,25H,13,24H2/t19-,22-/m1/s1. The summed E-state index contributed by atoms with van der Waals surface area (Å²) >= 11 is 0. The van der Waals surface area contributed by atoms with Gasteiger partial charge >= 0.3 is 0 Å². The van der Waals surface area contributed by atoms with Crippen molar-refractivity contribution >= 4 is 10.8 Å². The molecule has 2 atom stereocenters. The lowest BCUT2D eigenvalue weighted by Gasteiger charge is -2.25. The SMILES string of the molecule is N#CC1=C(N)[C@](O)(c2ccccc2)C[C@@H]1c1cccc2ccccc12. The maximum atomic E-state index is 11.3. The molecule has 25 heavy (non-hydrogen) atoms. The van der Waals surface area contributed by atoms with Gasteiger partial charge in [0.25, 0.3) is 0 Å². The van der Waals surface area contributed by atoms with Crippen LogP contribution in [-0.2, 0) is 5.60 Å². The van der Waals surface area contributed by atoms with Gasteiger partial charge in [-0.1, -0.05) is 72.8 Å². The second-order valence-electron chi connectivity index (χ2n) is 6.49. The maximum Gasteiger partial charge on any atom is 0.131 e. The molecule has 0 saturated heterocycles. The molecule has 3 aromatic carbocycles. The number of rotatable bonds is 2. The lowest BCUT2D eigenvalue weighted by atomic mass is 9.85. The average Bonchev–Trinajstić information content (AvgIpc) is 2.93. The van der Waals surface area contributed by atoms with Crippen molar-refractivity contribution in [1.82, 2.24) is 0 Å². The monoisotopic (exact) mass is 326 g/mol. The van der Waals surface area contributed by atoms with Gasteiger partial charge in [0.2, 0.25) is 0 Å². The Labute approximate surface area is 146 Å². The first kappa shape index (κ1) is 15.4. The third kappa shape index (κ3) is 2.31. The number of benzene rings is 3. The van der Waals surface area contributed by atoms with Crippen LogP contribution in [0.15, 0.2) is 84.1 Å². The predicted octanol–water partition coefficient (Wildman–Crippen LogP) is 3.95. The fraction of sp³-hybridized carbons (Fsp3) is 0.136. The first-order valence-electron chi connectivity index (χ1n) is 8.31. The Morgan fingerprint density at radius 1 is 0.960 bits per heavy atom. The summed E-state index contributed by atoms with van der Waals surface area (Å²) in [5, 5.41) is 23.2. The summed E-state index contributed by atoms with van der Waals surface area (Å²) in [5.41, 5.74) is 7.45. The highest BCUT2D eigenvalue weighted by Crippen LogP contribution is 2.49. The molecule has 0 radical (unpaired) electrons. The number of fused-ring (bicyclic) bond motifs is 1. The molecule has 0 aliphatic heterocycles. The molecule has 0 aromatic heterocycles. The highest BCUT2D eigenvalue weighted by molar-refractivity contribution is 5.87. The van der Waals surface area contributed by atoms with Crippen LogP contribution in [0.5, 0.6) is 0 Å². The van der Waals surface area contributed by atoms with Crippen LogP contribution in [0, 0.1) is 11.3 Å². The van der Waals surface area contributed by atoms with Gasteiger partial charge in [0.1, 0.15) is 5.60 Å². The Morgan fingerprint density at radius 2 is 1.64 bits per heavy atom. The lowest BCUT2D eigenvalue weighted by Crippen LogP contribution is -2.29. The van der Waals surface area contributed by atoms with Crippen molar-refractivity contribution in [3.63, 3.8) is 0 Å². The van der Waals surface area contributed by atoms with E-state index in [0.717, 1.165) is 21.9 Å². The van der Waals surface area contributed by atoms with Gasteiger partial charge in [0, 0.05) is 5.92 Å². The summed E-state index contributed by atoms with van der Waals surface area (Å²) in [4.78, 5) is 0. The molecular formula is C22H18N2O. The number of aliphatic hydroxyl groups is 1. The van der Waals surface area contributed by atoms with Crippen LogP contribution < -0.4 is 5.73 Å². The number of nitrogens with zero attached hydrogens (tertiary/aromatic N) is 1. The Balaban J connectivity index is 1.89. The molecule has 0 heterocycles. The largest absolute Gasteiger partial charge is 0.399 e. The summed E-state index contributed by atoms with van der Waals surface area (Å²) in [5.74, 6) is -0.221. The van der Waals surface area contributed by atoms with E-state index >= 15 is 0 Å². The second kappa shape index (κ2) is 5.77. The highest BCUT2D eigenvalue weighted by Gasteiger charge is 2.45. The first-order valence-corrected chi connectivity index (χ1v) is 8.31. The molecule has 0 bridgehead atoms. The Morgan fingerprint density at radius 3 is 2.40 bits per heavy atom. The molecule has 0 amide bonds. The molecule has 3 nitrogen and oxygen atoms in total. The first-order chi connectivity index (χ1) is 12.1. The number of hydrogen-bond donors (Lipinski definition) is 2. The van der Waals surface area contributed by atoms with Gasteiger partial charge in [0.05, 0.1) is 17.3 Å². The molecule has 0 saturated carbocycles. The van der Waals surface area contributed by atoms with Crippen LogP contribution in [0.3, 0.4) is 0 Å². The summed E-state index contributed by atoms with van der Waals surface area (Å²) in [6, 6.07) is 25.8. The Hall–Kier alpha value is -3.09. The number of hydrogen-bond acceptors (Lipinski definition) is 3. The van der Waals surface area contributed by atoms with E-state index in [1.165, 1.54) is 0 Å². The van der Waals surface area contributed by atoms with Gasteiger partial charge in [0.15, 0.2) is 0 Å². The zero-order valence-corrected chi connectivity index (χ0v) is 13.7. The topological polar surface area (TPSA) is 70.0 Å². The fourth-order valence-electron chi connectivity index (χ4n) is 3.86. The van der Waals surface area contributed by atoms with Crippen LogP contribution in [0.2, 0.25) is 0 Å². The minimum atomic E-state index is -1.31. The zero-order valence-electron chi connectivity index (χ0n) is 13.7. The van der Waals surface area contributed by atoms with E-state index in [0.29, 0.717) is 12.0 Å². The highest BCUT2D eigenvalue weighted by atomic mass is 16.3. The number of allylic oxidation sites excluding steroid dienone is 1. The summed E-state index contributed by atoms with van der Waals surface area (Å²) in [6.45, 7) is 0. The van der Waals surface area contributed by atoms with Crippen molar-refractivity contribution in [1.29, 1.82) is 5.26 Å². The molecule has 3 aromatic rings. The van der Waals surface area contributed by atoms with Crippen molar-refractivity contribution in [2.24, 2.45) is 5.73 Å². The summed E-state index contributed by atoms with van der Waals surface area (Å²) in [7, 11) is 0. The molecule has 3 heteroatoms. The van der Waals surface area contributed by atoms with Crippen LogP contribution >= 0.6 is 0 Å². The van der Waals surface area contributed by atoms with Gasteiger partial charge in [-0.3, -0.25) is 0 Å². The smallest absolute Gasteiger partial charge is 0.131 e. The van der Waals surface area contributed by atoms with Gasteiger partial charge in [-0.15, -0.1) is 0 Å². The van der Waals surface area contributed by atoms with Crippen LogP contribution in [0.4, 0.5) is 0 Å². The normalized spacial score (nSPS) is 23.0. The minimum absolute atomic E-state index is 0.221. The summed E-state index contributed by atoms with van der Waals surface area (Å²) < 4.78 is 0. The molecule has 1 aliphatic carbocycles. The molecule has 1 aliphatic rings. The molecule has 3 N–H and O–H groups in total. The van der Waals surface area contributed by atoms with Gasteiger partial charge in [-0.25, -0.2) is 0 Å². The van der Waals surface area contributed by atoms with Crippen molar-refractivity contribution in [2.45, 2.75) is 17.9 Å². The maximum absolute atomic E-state index is 11.3. The predicted molar refractivity (Wildman–Crippen MR) is 98.5 cm³/mol. The fourth-order valence-corrected chi connectivity index (χ4v) is 3.86. The van der Waals surface area contributed by atoms with E-state index in [9.17, 15) is 10.4 Å². The van der Waals surface area contributed by atoms with Crippen molar-refractivity contribution < 1.29 is 5.11 Å². The van der Waals surface area contributed by atoms with E-state index in [2.05, 4.69) is 24.3 Å². The number of nitrogens with two attached hydrogens (primary N) is 1. The van der Waals surface area contributed by atoms with E-state index in [1.807, 2.05) is 54.6 Å². The number of nitriles is 1. The Kier molecular flexibility index (Phi) is 3.56. The molecule has 122 valence electrons. The van der Waals surface area contributed by atoms with Crippen molar-refractivity contribution in [3.8, 4) is 6.07 Å². The minimum Gasteiger partial charge on any atom is -0.399 e. The van der Waals surface area contributed by atoms with Crippen molar-refractivity contribution in [2.75, 3.05) is 0 Å². The van der Waals surface area contributed by atoms with E-state index in [4.69, 9.17) is 5.73 Å². The Bertz CT molecular complexity index is 1010. The van der Waals surface area contributed by atoms with Crippen LogP contribution in [0.1, 0.15) is 23.5 Å². The third-order valence-corrected chi connectivity index (χ3v) is 5.15. The molecule has 4 rings (SSSR count). The second-order valence-corrected chi connectivity index (χ2v) is 6.49. The molecule has 0 fully saturated rings. The van der Waals surface area contributed by atoms with Crippen molar-refractivity contribution in [3.05, 3.63) is 95.2 Å². The average molecular weight is 326 g/mol. The van der Waals surface area contributed by atoms with Gasteiger partial charge in [-0.05, 0) is 28.3 Å². The zero-order chi connectivity index (χ0) is 17.4. The van der Waals surface area contributed by atoms with E-state index < -0.39 is 5.60 Å². The molecular weight excluding hydrogens is 308 g/mol.